The second-order valence-corrected chi connectivity index (χ2v) is 4.90. The molecule has 0 saturated carbocycles. The molecule has 0 radical (unpaired) electrons. The molecule has 3 N–H and O–H groups in total. The summed E-state index contributed by atoms with van der Waals surface area (Å²) in [7, 11) is 0. The van der Waals surface area contributed by atoms with E-state index < -0.39 is 0 Å². The Balaban J connectivity index is 2.28. The number of aromatic nitrogens is 2. The first-order chi connectivity index (χ1) is 11.2. The summed E-state index contributed by atoms with van der Waals surface area (Å²) in [5.74, 6) is -0.0650. The minimum absolute atomic E-state index is 0.0105. The average molecular weight is 316 g/mol. The van der Waals surface area contributed by atoms with Crippen LogP contribution < -0.4 is 10.6 Å². The highest BCUT2D eigenvalue weighted by atomic mass is 16.3. The Labute approximate surface area is 134 Å². The number of hydrogen-bond acceptors (Lipinski definition) is 4. The van der Waals surface area contributed by atoms with Crippen LogP contribution in [0.15, 0.2) is 36.4 Å². The van der Waals surface area contributed by atoms with Crippen LogP contribution in [-0.2, 0) is 4.79 Å². The number of nitrogens with zero attached hydrogens (tertiary/aromatic N) is 2. The average Bonchev–Trinajstić information content (AvgIpc) is 2.99. The van der Waals surface area contributed by atoms with E-state index >= 15 is 0 Å². The Morgan fingerprint density at radius 1 is 1.26 bits per heavy atom. The summed E-state index contributed by atoms with van der Waals surface area (Å²) in [5.41, 5.74) is 0.950. The summed E-state index contributed by atoms with van der Waals surface area (Å²) in [6.07, 6.45) is 0.808. The van der Waals surface area contributed by atoms with Gasteiger partial charge < -0.3 is 15.7 Å². The Bertz CT molecular complexity index is 667. The molecule has 0 atom stereocenters. The number of carbonyl (C=O) groups is 2. The highest BCUT2D eigenvalue weighted by molar-refractivity contribution is 5.95. The Morgan fingerprint density at radius 2 is 2.00 bits per heavy atom. The Hall–Kier alpha value is -2.67. The number of nitrogens with one attached hydrogen (secondary N) is 2. The van der Waals surface area contributed by atoms with Gasteiger partial charge in [0.25, 0.3) is 5.91 Å². The van der Waals surface area contributed by atoms with Gasteiger partial charge in [-0.15, -0.1) is 0 Å². The lowest BCUT2D eigenvalue weighted by molar-refractivity contribution is -0.115. The summed E-state index contributed by atoms with van der Waals surface area (Å²) in [6, 6.07) is 10.8. The Kier molecular flexibility index (Phi) is 5.87. The maximum Gasteiger partial charge on any atom is 0.271 e. The van der Waals surface area contributed by atoms with Crippen molar-refractivity contribution in [2.45, 2.75) is 19.8 Å². The van der Waals surface area contributed by atoms with E-state index in [2.05, 4.69) is 15.7 Å². The van der Waals surface area contributed by atoms with E-state index in [1.165, 1.54) is 10.7 Å². The van der Waals surface area contributed by atoms with Crippen molar-refractivity contribution in [2.24, 2.45) is 0 Å². The van der Waals surface area contributed by atoms with E-state index in [-0.39, 0.29) is 24.1 Å². The molecule has 0 aliphatic carbocycles. The number of anilines is 1. The summed E-state index contributed by atoms with van der Waals surface area (Å²) >= 11 is 0. The first-order valence-corrected chi connectivity index (χ1v) is 7.50. The van der Waals surface area contributed by atoms with Gasteiger partial charge in [0.1, 0.15) is 5.82 Å². The molecule has 0 bridgehead atoms. The van der Waals surface area contributed by atoms with Gasteiger partial charge in [-0.1, -0.05) is 25.1 Å². The number of para-hydroxylation sites is 1. The van der Waals surface area contributed by atoms with Crippen LogP contribution in [0.3, 0.4) is 0 Å². The van der Waals surface area contributed by atoms with E-state index in [1.54, 1.807) is 6.92 Å². The molecule has 1 aromatic heterocycles. The number of hydrogen-bond donors (Lipinski definition) is 3. The van der Waals surface area contributed by atoms with Crippen LogP contribution in [0.1, 0.15) is 30.3 Å². The third-order valence-corrected chi connectivity index (χ3v) is 3.15. The molecule has 23 heavy (non-hydrogen) atoms. The number of amides is 2. The van der Waals surface area contributed by atoms with Gasteiger partial charge in [0.15, 0.2) is 5.69 Å². The number of aliphatic hydroxyl groups excluding tert-OH is 1. The SMILES string of the molecule is CCC(=O)Nc1cc(C(=O)NCCCO)nn1-c1ccccc1. The third-order valence-electron chi connectivity index (χ3n) is 3.15. The fourth-order valence-electron chi connectivity index (χ4n) is 1.95. The van der Waals surface area contributed by atoms with Gasteiger partial charge in [-0.3, -0.25) is 9.59 Å². The minimum atomic E-state index is -0.347. The molecule has 2 rings (SSSR count). The van der Waals surface area contributed by atoms with Crippen molar-refractivity contribution < 1.29 is 14.7 Å². The predicted molar refractivity (Wildman–Crippen MR) is 86.5 cm³/mol. The molecular formula is C16H20N4O3. The monoisotopic (exact) mass is 316 g/mol. The molecule has 0 aliphatic heterocycles. The lowest BCUT2D eigenvalue weighted by atomic mass is 10.3. The first-order valence-electron chi connectivity index (χ1n) is 7.50. The molecule has 7 heteroatoms. The minimum Gasteiger partial charge on any atom is -0.396 e. The van der Waals surface area contributed by atoms with Gasteiger partial charge in [-0.05, 0) is 18.6 Å². The predicted octanol–water partition coefficient (Wildman–Crippen LogP) is 1.33. The van der Waals surface area contributed by atoms with Crippen LogP contribution in [0.2, 0.25) is 0 Å². The van der Waals surface area contributed by atoms with E-state index in [0.717, 1.165) is 5.69 Å². The summed E-state index contributed by atoms with van der Waals surface area (Å²) < 4.78 is 1.52. The van der Waals surface area contributed by atoms with Crippen LogP contribution >= 0.6 is 0 Å². The van der Waals surface area contributed by atoms with Crippen molar-refractivity contribution in [3.8, 4) is 5.69 Å². The fraction of sp³-hybridized carbons (Fsp3) is 0.312. The second-order valence-electron chi connectivity index (χ2n) is 4.90. The van der Waals surface area contributed by atoms with Crippen molar-refractivity contribution in [3.63, 3.8) is 0 Å². The van der Waals surface area contributed by atoms with Crippen molar-refractivity contribution in [1.82, 2.24) is 15.1 Å². The smallest absolute Gasteiger partial charge is 0.271 e. The fourth-order valence-corrected chi connectivity index (χ4v) is 1.95. The van der Waals surface area contributed by atoms with Crippen molar-refractivity contribution in [1.29, 1.82) is 0 Å². The molecule has 0 fully saturated rings. The van der Waals surface area contributed by atoms with E-state index in [1.807, 2.05) is 30.3 Å². The normalized spacial score (nSPS) is 10.3. The van der Waals surface area contributed by atoms with Gasteiger partial charge in [-0.25, -0.2) is 4.68 Å². The summed E-state index contributed by atoms with van der Waals surface area (Å²) in [6.45, 7) is 2.13. The van der Waals surface area contributed by atoms with Crippen molar-refractivity contribution >= 4 is 17.6 Å². The second kappa shape index (κ2) is 8.09. The molecule has 1 heterocycles. The molecule has 122 valence electrons. The van der Waals surface area contributed by atoms with Crippen LogP contribution in [0.4, 0.5) is 5.82 Å². The van der Waals surface area contributed by atoms with Gasteiger partial charge in [0, 0.05) is 25.6 Å². The molecule has 0 spiro atoms. The standard InChI is InChI=1S/C16H20N4O3/c1-2-15(22)18-14-11-13(16(23)17-9-6-10-21)19-20(14)12-7-4-3-5-8-12/h3-5,7-8,11,21H,2,6,9-10H2,1H3,(H,17,23)(H,18,22). The maximum absolute atomic E-state index is 12.1. The van der Waals surface area contributed by atoms with Gasteiger partial charge in [0.05, 0.1) is 5.69 Å². The van der Waals surface area contributed by atoms with Crippen LogP contribution in [0.5, 0.6) is 0 Å². The van der Waals surface area contributed by atoms with Crippen molar-refractivity contribution in [3.05, 3.63) is 42.1 Å². The van der Waals surface area contributed by atoms with Crippen LogP contribution in [-0.4, -0.2) is 39.9 Å². The van der Waals surface area contributed by atoms with Gasteiger partial charge >= 0.3 is 0 Å². The summed E-state index contributed by atoms with van der Waals surface area (Å²) in [4.78, 5) is 23.8. The number of aliphatic hydroxyl groups is 1. The zero-order chi connectivity index (χ0) is 16.7. The largest absolute Gasteiger partial charge is 0.396 e. The molecule has 0 aliphatic rings. The number of rotatable bonds is 7. The molecule has 1 aromatic carbocycles. The first kappa shape index (κ1) is 16.7. The molecule has 7 nitrogen and oxygen atoms in total. The van der Waals surface area contributed by atoms with Crippen LogP contribution in [0, 0.1) is 0 Å². The van der Waals surface area contributed by atoms with Gasteiger partial charge in [0.2, 0.25) is 5.91 Å². The van der Waals surface area contributed by atoms with E-state index in [4.69, 9.17) is 5.11 Å². The summed E-state index contributed by atoms with van der Waals surface area (Å²) in [5, 5.41) is 18.4. The molecule has 0 unspecified atom stereocenters. The zero-order valence-corrected chi connectivity index (χ0v) is 13.0. The topological polar surface area (TPSA) is 96.2 Å². The van der Waals surface area contributed by atoms with Crippen LogP contribution in [0.25, 0.3) is 5.69 Å². The zero-order valence-electron chi connectivity index (χ0n) is 13.0. The third kappa shape index (κ3) is 4.40. The number of benzene rings is 1. The quantitative estimate of drug-likeness (QED) is 0.672. The lowest BCUT2D eigenvalue weighted by Gasteiger charge is -2.07. The van der Waals surface area contributed by atoms with E-state index in [0.29, 0.717) is 25.2 Å². The lowest BCUT2D eigenvalue weighted by Crippen LogP contribution is -2.25. The van der Waals surface area contributed by atoms with E-state index in [9.17, 15) is 9.59 Å². The number of carbonyl (C=O) groups excluding carboxylic acids is 2. The molecular weight excluding hydrogens is 296 g/mol. The highest BCUT2D eigenvalue weighted by Gasteiger charge is 2.16. The molecule has 2 aromatic rings. The highest BCUT2D eigenvalue weighted by Crippen LogP contribution is 2.17. The maximum atomic E-state index is 12.1. The van der Waals surface area contributed by atoms with Crippen molar-refractivity contribution in [2.75, 3.05) is 18.5 Å². The van der Waals surface area contributed by atoms with Gasteiger partial charge in [-0.2, -0.15) is 5.10 Å². The Morgan fingerprint density at radius 3 is 2.65 bits per heavy atom. The molecule has 2 amide bonds. The molecule has 0 saturated heterocycles.